The van der Waals surface area contributed by atoms with Gasteiger partial charge in [-0.05, 0) is 44.2 Å². The summed E-state index contributed by atoms with van der Waals surface area (Å²) in [5, 5.41) is 14.5. The lowest BCUT2D eigenvalue weighted by molar-refractivity contribution is 0.866. The van der Waals surface area contributed by atoms with E-state index in [4.69, 9.17) is 4.98 Å². The van der Waals surface area contributed by atoms with Crippen LogP contribution in [0.2, 0.25) is 0 Å². The van der Waals surface area contributed by atoms with E-state index in [1.807, 2.05) is 18.3 Å². The van der Waals surface area contributed by atoms with E-state index in [0.29, 0.717) is 0 Å². The number of hydrogen-bond acceptors (Lipinski definition) is 5. The molecule has 0 spiro atoms. The molecule has 2 heterocycles. The first-order valence-electron chi connectivity index (χ1n) is 8.78. The van der Waals surface area contributed by atoms with Gasteiger partial charge in [-0.2, -0.15) is 5.10 Å². The van der Waals surface area contributed by atoms with E-state index in [9.17, 15) is 0 Å². The van der Waals surface area contributed by atoms with Gasteiger partial charge >= 0.3 is 0 Å². The van der Waals surface area contributed by atoms with Crippen LogP contribution in [0.25, 0.3) is 22.2 Å². The Labute approximate surface area is 156 Å². The van der Waals surface area contributed by atoms with Crippen LogP contribution in [0.15, 0.2) is 54.0 Å². The molecule has 4 aromatic rings. The van der Waals surface area contributed by atoms with Crippen molar-refractivity contribution in [2.75, 3.05) is 23.3 Å². The average Bonchev–Trinajstić information content (AvgIpc) is 3.32. The Hall–Kier alpha value is -2.86. The predicted octanol–water partition coefficient (Wildman–Crippen LogP) is 5.28. The summed E-state index contributed by atoms with van der Waals surface area (Å²) in [6, 6.07) is 14.7. The topological polar surface area (TPSA) is 56.8 Å². The molecule has 0 aliphatic carbocycles. The molecule has 4 rings (SSSR count). The summed E-state index contributed by atoms with van der Waals surface area (Å²) < 4.78 is 0. The number of fused-ring (bicyclic) bond motifs is 1. The van der Waals surface area contributed by atoms with Crippen LogP contribution in [0.4, 0.5) is 16.5 Å². The van der Waals surface area contributed by atoms with Crippen molar-refractivity contribution in [2.24, 2.45) is 0 Å². The van der Waals surface area contributed by atoms with E-state index in [1.54, 1.807) is 11.3 Å². The third-order valence-corrected chi connectivity index (χ3v) is 5.25. The fraction of sp³-hybridized carbons (Fsp3) is 0.200. The smallest absolute Gasteiger partial charge is 0.187 e. The molecule has 0 amide bonds. The summed E-state index contributed by atoms with van der Waals surface area (Å²) in [7, 11) is 0. The second-order valence-corrected chi connectivity index (χ2v) is 6.91. The summed E-state index contributed by atoms with van der Waals surface area (Å²) in [5.74, 6) is 0. The van der Waals surface area contributed by atoms with E-state index in [2.05, 4.69) is 70.0 Å². The van der Waals surface area contributed by atoms with Gasteiger partial charge in [0.2, 0.25) is 0 Å². The molecular weight excluding hydrogens is 342 g/mol. The standard InChI is InChI=1S/C20H21N5S/c1-3-25(4-2)17-8-5-14(6-9-17)19-13-26-20(23-19)22-16-7-10-18-15(11-16)12-21-24-18/h5-13H,3-4H2,1-2H3,(H,21,24)(H,22,23). The van der Waals surface area contributed by atoms with Crippen LogP contribution in [0.5, 0.6) is 0 Å². The third-order valence-electron chi connectivity index (χ3n) is 4.49. The van der Waals surface area contributed by atoms with Crippen LogP contribution in [0.3, 0.4) is 0 Å². The van der Waals surface area contributed by atoms with Crippen molar-refractivity contribution in [1.82, 2.24) is 15.2 Å². The van der Waals surface area contributed by atoms with Crippen molar-refractivity contribution >= 4 is 38.7 Å². The molecule has 0 aliphatic rings. The molecule has 2 aromatic heterocycles. The molecule has 132 valence electrons. The maximum absolute atomic E-state index is 4.73. The van der Waals surface area contributed by atoms with Crippen molar-refractivity contribution in [1.29, 1.82) is 0 Å². The number of anilines is 3. The monoisotopic (exact) mass is 363 g/mol. The first kappa shape index (κ1) is 16.6. The zero-order valence-corrected chi connectivity index (χ0v) is 15.7. The van der Waals surface area contributed by atoms with Gasteiger partial charge in [-0.25, -0.2) is 4.98 Å². The van der Waals surface area contributed by atoms with Crippen LogP contribution < -0.4 is 10.2 Å². The highest BCUT2D eigenvalue weighted by atomic mass is 32.1. The number of H-pyrrole nitrogens is 1. The summed E-state index contributed by atoms with van der Waals surface area (Å²) in [6.45, 7) is 6.39. The summed E-state index contributed by atoms with van der Waals surface area (Å²) in [5.41, 5.74) is 5.42. The maximum atomic E-state index is 4.73. The van der Waals surface area contributed by atoms with E-state index < -0.39 is 0 Å². The molecule has 0 saturated heterocycles. The number of thiazole rings is 1. The first-order chi connectivity index (χ1) is 12.8. The highest BCUT2D eigenvalue weighted by Gasteiger charge is 2.07. The molecule has 2 N–H and O–H groups in total. The number of aromatic amines is 1. The predicted molar refractivity (Wildman–Crippen MR) is 110 cm³/mol. The number of hydrogen-bond donors (Lipinski definition) is 2. The number of nitrogens with zero attached hydrogens (tertiary/aromatic N) is 3. The van der Waals surface area contributed by atoms with Crippen molar-refractivity contribution in [2.45, 2.75) is 13.8 Å². The molecule has 0 saturated carbocycles. The summed E-state index contributed by atoms with van der Waals surface area (Å²) >= 11 is 1.61. The summed E-state index contributed by atoms with van der Waals surface area (Å²) in [6.07, 6.45) is 1.82. The molecule has 0 fully saturated rings. The molecule has 26 heavy (non-hydrogen) atoms. The highest BCUT2D eigenvalue weighted by Crippen LogP contribution is 2.29. The minimum absolute atomic E-state index is 0.885. The van der Waals surface area contributed by atoms with E-state index >= 15 is 0 Å². The molecule has 6 heteroatoms. The van der Waals surface area contributed by atoms with Crippen LogP contribution in [0, 0.1) is 0 Å². The highest BCUT2D eigenvalue weighted by molar-refractivity contribution is 7.14. The Kier molecular flexibility index (Phi) is 4.58. The van der Waals surface area contributed by atoms with Gasteiger partial charge in [0.1, 0.15) is 0 Å². The number of aromatic nitrogens is 3. The Morgan fingerprint density at radius 1 is 1.08 bits per heavy atom. The van der Waals surface area contributed by atoms with Gasteiger partial charge in [-0.15, -0.1) is 11.3 Å². The molecule has 5 nitrogen and oxygen atoms in total. The quantitative estimate of drug-likeness (QED) is 0.489. The fourth-order valence-electron chi connectivity index (χ4n) is 3.04. The maximum Gasteiger partial charge on any atom is 0.187 e. The van der Waals surface area contributed by atoms with Gasteiger partial charge in [0.25, 0.3) is 0 Å². The molecule has 2 aromatic carbocycles. The fourth-order valence-corrected chi connectivity index (χ4v) is 3.78. The average molecular weight is 363 g/mol. The van der Waals surface area contributed by atoms with E-state index in [-0.39, 0.29) is 0 Å². The Morgan fingerprint density at radius 3 is 2.65 bits per heavy atom. The Balaban J connectivity index is 1.52. The van der Waals surface area contributed by atoms with Crippen LogP contribution in [0.1, 0.15) is 13.8 Å². The van der Waals surface area contributed by atoms with Crippen molar-refractivity contribution in [3.63, 3.8) is 0 Å². The van der Waals surface area contributed by atoms with Gasteiger partial charge in [0.05, 0.1) is 17.4 Å². The minimum Gasteiger partial charge on any atom is -0.372 e. The normalized spacial score (nSPS) is 11.0. The molecular formula is C20H21N5S. The lowest BCUT2D eigenvalue weighted by atomic mass is 10.1. The second kappa shape index (κ2) is 7.17. The van der Waals surface area contributed by atoms with Crippen LogP contribution in [-0.2, 0) is 0 Å². The zero-order valence-electron chi connectivity index (χ0n) is 14.9. The van der Waals surface area contributed by atoms with Crippen molar-refractivity contribution in [3.8, 4) is 11.3 Å². The number of benzene rings is 2. The summed E-state index contributed by atoms with van der Waals surface area (Å²) in [4.78, 5) is 7.07. The van der Waals surface area contributed by atoms with Crippen molar-refractivity contribution < 1.29 is 0 Å². The number of nitrogens with one attached hydrogen (secondary N) is 2. The SMILES string of the molecule is CCN(CC)c1ccc(-c2csc(Nc3ccc4[nH]ncc4c3)n2)cc1. The lowest BCUT2D eigenvalue weighted by Gasteiger charge is -2.20. The largest absolute Gasteiger partial charge is 0.372 e. The van der Waals surface area contributed by atoms with Gasteiger partial charge < -0.3 is 10.2 Å². The van der Waals surface area contributed by atoms with E-state index in [0.717, 1.165) is 46.1 Å². The lowest BCUT2D eigenvalue weighted by Crippen LogP contribution is -2.21. The molecule has 0 unspecified atom stereocenters. The van der Waals surface area contributed by atoms with Crippen LogP contribution in [-0.4, -0.2) is 28.3 Å². The molecule has 0 aliphatic heterocycles. The van der Waals surface area contributed by atoms with Crippen molar-refractivity contribution in [3.05, 3.63) is 54.0 Å². The van der Waals surface area contributed by atoms with E-state index in [1.165, 1.54) is 5.69 Å². The molecule has 0 radical (unpaired) electrons. The number of rotatable bonds is 6. The van der Waals surface area contributed by atoms with Gasteiger partial charge in [0, 0.05) is 40.8 Å². The molecule has 0 bridgehead atoms. The second-order valence-electron chi connectivity index (χ2n) is 6.05. The Bertz CT molecular complexity index is 998. The zero-order chi connectivity index (χ0) is 17.9. The minimum atomic E-state index is 0.885. The van der Waals surface area contributed by atoms with Crippen LogP contribution >= 0.6 is 11.3 Å². The third kappa shape index (κ3) is 3.28. The van der Waals surface area contributed by atoms with Gasteiger partial charge in [0.15, 0.2) is 5.13 Å². The Morgan fingerprint density at radius 2 is 1.88 bits per heavy atom. The van der Waals surface area contributed by atoms with Gasteiger partial charge in [-0.1, -0.05) is 12.1 Å². The first-order valence-corrected chi connectivity index (χ1v) is 9.66. The molecule has 0 atom stereocenters. The van der Waals surface area contributed by atoms with Gasteiger partial charge in [-0.3, -0.25) is 5.10 Å².